The average Bonchev–Trinajstić information content (AvgIpc) is 2.63. The fourth-order valence-electron chi connectivity index (χ4n) is 3.24. The Labute approximate surface area is 157 Å². The molecule has 0 aromatic heterocycles. The Kier molecular flexibility index (Phi) is 5.60. The third kappa shape index (κ3) is 4.06. The molecule has 1 aliphatic rings. The maximum Gasteiger partial charge on any atom is 0.289 e. The summed E-state index contributed by atoms with van der Waals surface area (Å²) in [6, 6.07) is 13.8. The van der Waals surface area contributed by atoms with Crippen LogP contribution in [0.3, 0.4) is 0 Å². The number of hydrogen-bond acceptors (Lipinski definition) is 4. The monoisotopic (exact) mass is 394 g/mol. The minimum Gasteiger partial charge on any atom is -0.258 e. The SMILES string of the molecule is O=[N+]([O-])c1cc(S(=O)(=O)N2CCC(Cc3ccccc3)CC2)ccc1Cl. The summed E-state index contributed by atoms with van der Waals surface area (Å²) in [5.74, 6) is 0.434. The Bertz CT molecular complexity index is 895. The summed E-state index contributed by atoms with van der Waals surface area (Å²) in [6.07, 6.45) is 2.47. The zero-order valence-corrected chi connectivity index (χ0v) is 15.6. The van der Waals surface area contributed by atoms with Crippen LogP contribution in [-0.4, -0.2) is 30.7 Å². The molecule has 8 heteroatoms. The van der Waals surface area contributed by atoms with Gasteiger partial charge < -0.3 is 0 Å². The number of piperidine rings is 1. The van der Waals surface area contributed by atoms with Gasteiger partial charge in [0.25, 0.3) is 5.69 Å². The van der Waals surface area contributed by atoms with E-state index in [2.05, 4.69) is 12.1 Å². The fraction of sp³-hybridized carbons (Fsp3) is 0.333. The molecule has 1 saturated heterocycles. The number of sulfonamides is 1. The van der Waals surface area contributed by atoms with Crippen molar-refractivity contribution in [3.8, 4) is 0 Å². The van der Waals surface area contributed by atoms with Gasteiger partial charge in [-0.2, -0.15) is 4.31 Å². The Morgan fingerprint density at radius 1 is 1.12 bits per heavy atom. The molecule has 0 amide bonds. The third-order valence-corrected chi connectivity index (χ3v) is 6.91. The number of nitrogens with zero attached hydrogens (tertiary/aromatic N) is 2. The number of rotatable bonds is 5. The highest BCUT2D eigenvalue weighted by atomic mass is 35.5. The van der Waals surface area contributed by atoms with E-state index in [9.17, 15) is 18.5 Å². The zero-order chi connectivity index (χ0) is 18.7. The molecule has 0 aliphatic carbocycles. The van der Waals surface area contributed by atoms with Crippen LogP contribution in [0.1, 0.15) is 18.4 Å². The van der Waals surface area contributed by atoms with Crippen molar-refractivity contribution in [3.05, 3.63) is 69.2 Å². The number of nitro groups is 1. The van der Waals surface area contributed by atoms with Crippen molar-refractivity contribution in [2.45, 2.75) is 24.2 Å². The summed E-state index contributed by atoms with van der Waals surface area (Å²) < 4.78 is 27.0. The largest absolute Gasteiger partial charge is 0.289 e. The van der Waals surface area contributed by atoms with Crippen LogP contribution < -0.4 is 0 Å². The Balaban J connectivity index is 1.70. The maximum absolute atomic E-state index is 12.8. The number of hydrogen-bond donors (Lipinski definition) is 0. The van der Waals surface area contributed by atoms with Gasteiger partial charge in [0.15, 0.2) is 0 Å². The summed E-state index contributed by atoms with van der Waals surface area (Å²) in [6.45, 7) is 0.826. The van der Waals surface area contributed by atoms with Crippen molar-refractivity contribution in [3.63, 3.8) is 0 Å². The molecule has 2 aromatic carbocycles. The van der Waals surface area contributed by atoms with E-state index in [0.29, 0.717) is 19.0 Å². The number of halogens is 1. The minimum atomic E-state index is -3.76. The van der Waals surface area contributed by atoms with Gasteiger partial charge in [-0.15, -0.1) is 0 Å². The van der Waals surface area contributed by atoms with Crippen molar-refractivity contribution in [2.24, 2.45) is 5.92 Å². The molecule has 6 nitrogen and oxygen atoms in total. The summed E-state index contributed by atoms with van der Waals surface area (Å²) >= 11 is 5.77. The van der Waals surface area contributed by atoms with E-state index < -0.39 is 20.6 Å². The molecule has 0 saturated carbocycles. The second-order valence-electron chi connectivity index (χ2n) is 6.41. The van der Waals surface area contributed by atoms with Crippen molar-refractivity contribution in [1.82, 2.24) is 4.31 Å². The first kappa shape index (κ1) is 18.8. The molecule has 3 rings (SSSR count). The van der Waals surface area contributed by atoms with E-state index >= 15 is 0 Å². The molecular weight excluding hydrogens is 376 g/mol. The smallest absolute Gasteiger partial charge is 0.258 e. The second-order valence-corrected chi connectivity index (χ2v) is 8.75. The van der Waals surface area contributed by atoms with Gasteiger partial charge in [-0.1, -0.05) is 41.9 Å². The van der Waals surface area contributed by atoms with Gasteiger partial charge >= 0.3 is 0 Å². The molecule has 1 heterocycles. The molecule has 0 spiro atoms. The average molecular weight is 395 g/mol. The summed E-state index contributed by atoms with van der Waals surface area (Å²) in [4.78, 5) is 10.2. The minimum absolute atomic E-state index is 0.0736. The van der Waals surface area contributed by atoms with E-state index in [1.165, 1.54) is 22.0 Å². The van der Waals surface area contributed by atoms with Gasteiger partial charge in [0.2, 0.25) is 10.0 Å². The summed E-state index contributed by atoms with van der Waals surface area (Å²) in [7, 11) is -3.76. The van der Waals surface area contributed by atoms with E-state index in [1.807, 2.05) is 18.2 Å². The lowest BCUT2D eigenvalue weighted by molar-refractivity contribution is -0.384. The second kappa shape index (κ2) is 7.73. The third-order valence-electron chi connectivity index (χ3n) is 4.69. The molecule has 2 aromatic rings. The van der Waals surface area contributed by atoms with Crippen LogP contribution in [-0.2, 0) is 16.4 Å². The predicted octanol–water partition coefficient (Wildman–Crippen LogP) is 3.89. The van der Waals surface area contributed by atoms with Crippen molar-refractivity contribution < 1.29 is 13.3 Å². The van der Waals surface area contributed by atoms with Crippen LogP contribution in [0, 0.1) is 16.0 Å². The first-order chi connectivity index (χ1) is 12.4. The Hall–Kier alpha value is -1.96. The van der Waals surface area contributed by atoms with Gasteiger partial charge in [-0.05, 0) is 42.9 Å². The van der Waals surface area contributed by atoms with Crippen LogP contribution in [0.4, 0.5) is 5.69 Å². The molecule has 0 N–H and O–H groups in total. The van der Waals surface area contributed by atoms with E-state index in [4.69, 9.17) is 11.6 Å². The van der Waals surface area contributed by atoms with Crippen molar-refractivity contribution in [2.75, 3.05) is 13.1 Å². The highest BCUT2D eigenvalue weighted by molar-refractivity contribution is 7.89. The number of benzene rings is 2. The van der Waals surface area contributed by atoms with Crippen LogP contribution in [0.25, 0.3) is 0 Å². The molecule has 0 bridgehead atoms. The molecule has 1 fully saturated rings. The molecule has 0 atom stereocenters. The van der Waals surface area contributed by atoms with Crippen molar-refractivity contribution in [1.29, 1.82) is 0 Å². The van der Waals surface area contributed by atoms with Crippen LogP contribution in [0.2, 0.25) is 5.02 Å². The highest BCUT2D eigenvalue weighted by Crippen LogP contribution is 2.30. The molecular formula is C18H19ClN2O4S. The molecule has 0 radical (unpaired) electrons. The van der Waals surface area contributed by atoms with Gasteiger partial charge in [-0.3, -0.25) is 10.1 Å². The first-order valence-electron chi connectivity index (χ1n) is 8.36. The van der Waals surface area contributed by atoms with Crippen LogP contribution in [0.5, 0.6) is 0 Å². The van der Waals surface area contributed by atoms with E-state index in [1.54, 1.807) is 0 Å². The Morgan fingerprint density at radius 3 is 2.38 bits per heavy atom. The number of nitro benzene ring substituents is 1. The van der Waals surface area contributed by atoms with Gasteiger partial charge in [0.05, 0.1) is 9.82 Å². The van der Waals surface area contributed by atoms with Crippen LogP contribution in [0.15, 0.2) is 53.4 Å². The first-order valence-corrected chi connectivity index (χ1v) is 10.2. The lowest BCUT2D eigenvalue weighted by Crippen LogP contribution is -2.38. The van der Waals surface area contributed by atoms with Crippen LogP contribution >= 0.6 is 11.6 Å². The lowest BCUT2D eigenvalue weighted by atomic mass is 9.91. The molecule has 26 heavy (non-hydrogen) atoms. The maximum atomic E-state index is 12.8. The van der Waals surface area contributed by atoms with E-state index in [0.717, 1.165) is 25.3 Å². The van der Waals surface area contributed by atoms with Gasteiger partial charge in [0.1, 0.15) is 5.02 Å². The highest BCUT2D eigenvalue weighted by Gasteiger charge is 2.31. The fourth-order valence-corrected chi connectivity index (χ4v) is 4.92. The van der Waals surface area contributed by atoms with E-state index in [-0.39, 0.29) is 9.92 Å². The zero-order valence-electron chi connectivity index (χ0n) is 14.0. The summed E-state index contributed by atoms with van der Waals surface area (Å²) in [5, 5.41) is 10.9. The normalized spacial score (nSPS) is 16.5. The predicted molar refractivity (Wildman–Crippen MR) is 99.7 cm³/mol. The summed E-state index contributed by atoms with van der Waals surface area (Å²) in [5.41, 5.74) is 0.855. The quantitative estimate of drug-likeness (QED) is 0.569. The van der Waals surface area contributed by atoms with Gasteiger partial charge in [-0.25, -0.2) is 8.42 Å². The van der Waals surface area contributed by atoms with Gasteiger partial charge in [0, 0.05) is 19.2 Å². The standard InChI is InChI=1S/C18H19ClN2O4S/c19-17-7-6-16(13-18(17)21(22)23)26(24,25)20-10-8-15(9-11-20)12-14-4-2-1-3-5-14/h1-7,13,15H,8-12H2. The Morgan fingerprint density at radius 2 is 1.77 bits per heavy atom. The molecule has 0 unspecified atom stereocenters. The molecule has 138 valence electrons. The topological polar surface area (TPSA) is 80.5 Å². The molecule has 1 aliphatic heterocycles. The van der Waals surface area contributed by atoms with Crippen molar-refractivity contribution >= 4 is 27.3 Å². The lowest BCUT2D eigenvalue weighted by Gasteiger charge is -2.31.